The van der Waals surface area contributed by atoms with E-state index in [2.05, 4.69) is 15.6 Å². The molecule has 2 unspecified atom stereocenters. The van der Waals surface area contributed by atoms with Crippen LogP contribution in [0.15, 0.2) is 23.2 Å². The van der Waals surface area contributed by atoms with Gasteiger partial charge in [0.05, 0.1) is 12.9 Å². The summed E-state index contributed by atoms with van der Waals surface area (Å²) in [7, 11) is 0. The summed E-state index contributed by atoms with van der Waals surface area (Å²) in [6, 6.07) is 4.29. The number of benzene rings is 1. The molecule has 1 aromatic rings. The maximum atomic E-state index is 12.2. The van der Waals surface area contributed by atoms with E-state index in [1.807, 2.05) is 13.0 Å². The predicted octanol–water partition coefficient (Wildman–Crippen LogP) is -0.461. The van der Waals surface area contributed by atoms with Gasteiger partial charge in [0.15, 0.2) is 11.6 Å². The van der Waals surface area contributed by atoms with Crippen molar-refractivity contribution >= 4 is 18.2 Å². The standard InChI is InChI=1S/C18H25N5O3/c1-11-8-13(26-9-12-4-6-21-7-5-12)2-3-14(11)18(17(20)25)15(16(19)24)22-10-23-18/h2-3,8,10,12,15,21H,4-7,9H2,1H3,(H2,19,24)(H2,20,25)(H,22,23). The molecular weight excluding hydrogens is 334 g/mol. The highest BCUT2D eigenvalue weighted by atomic mass is 16.5. The largest absolute Gasteiger partial charge is 0.493 e. The van der Waals surface area contributed by atoms with Crippen LogP contribution in [0.3, 0.4) is 0 Å². The number of nitrogens with one attached hydrogen (secondary N) is 2. The van der Waals surface area contributed by atoms with Crippen molar-refractivity contribution in [1.82, 2.24) is 10.6 Å². The highest BCUT2D eigenvalue weighted by molar-refractivity contribution is 6.00. The first-order valence-corrected chi connectivity index (χ1v) is 8.78. The Morgan fingerprint density at radius 3 is 2.65 bits per heavy atom. The molecule has 2 amide bonds. The van der Waals surface area contributed by atoms with Crippen LogP contribution in [0.2, 0.25) is 0 Å². The molecule has 0 spiro atoms. The Bertz CT molecular complexity index is 730. The van der Waals surface area contributed by atoms with E-state index in [1.165, 1.54) is 6.34 Å². The lowest BCUT2D eigenvalue weighted by Crippen LogP contribution is -2.59. The molecule has 2 aliphatic rings. The minimum atomic E-state index is -1.47. The lowest BCUT2D eigenvalue weighted by Gasteiger charge is -2.32. The number of hydrogen-bond acceptors (Lipinski definition) is 6. The number of primary amides is 2. The Morgan fingerprint density at radius 2 is 2.04 bits per heavy atom. The molecule has 0 aromatic heterocycles. The smallest absolute Gasteiger partial charge is 0.250 e. The van der Waals surface area contributed by atoms with Crippen molar-refractivity contribution < 1.29 is 14.3 Å². The van der Waals surface area contributed by atoms with Gasteiger partial charge in [0.2, 0.25) is 5.91 Å². The molecule has 1 fully saturated rings. The lowest BCUT2D eigenvalue weighted by atomic mass is 9.80. The molecule has 0 aliphatic carbocycles. The fourth-order valence-corrected chi connectivity index (χ4v) is 3.69. The normalized spacial score (nSPS) is 25.7. The molecule has 140 valence electrons. The highest BCUT2D eigenvalue weighted by Crippen LogP contribution is 2.34. The summed E-state index contributed by atoms with van der Waals surface area (Å²) in [4.78, 5) is 28.0. The van der Waals surface area contributed by atoms with Gasteiger partial charge in [-0.2, -0.15) is 0 Å². The van der Waals surface area contributed by atoms with Crippen LogP contribution in [-0.4, -0.2) is 43.9 Å². The monoisotopic (exact) mass is 359 g/mol. The summed E-state index contributed by atoms with van der Waals surface area (Å²) in [5.74, 6) is -0.155. The predicted molar refractivity (Wildman–Crippen MR) is 97.8 cm³/mol. The minimum absolute atomic E-state index is 0.539. The first-order valence-electron chi connectivity index (χ1n) is 8.78. The molecule has 8 heteroatoms. The van der Waals surface area contributed by atoms with E-state index >= 15 is 0 Å². The zero-order valence-corrected chi connectivity index (χ0v) is 14.8. The summed E-state index contributed by atoms with van der Waals surface area (Å²) in [6.45, 7) is 4.54. The third-order valence-corrected chi connectivity index (χ3v) is 5.15. The first-order chi connectivity index (χ1) is 12.4. The molecule has 0 saturated carbocycles. The zero-order chi connectivity index (χ0) is 18.7. The van der Waals surface area contributed by atoms with Gasteiger partial charge in [-0.25, -0.2) is 0 Å². The van der Waals surface area contributed by atoms with Gasteiger partial charge < -0.3 is 26.8 Å². The fraction of sp³-hybridized carbons (Fsp3) is 0.500. The molecule has 6 N–H and O–H groups in total. The third kappa shape index (κ3) is 3.24. The molecule has 2 atom stereocenters. The van der Waals surface area contributed by atoms with E-state index in [9.17, 15) is 9.59 Å². The molecule has 3 rings (SSSR count). The Labute approximate surface area is 152 Å². The van der Waals surface area contributed by atoms with Crippen LogP contribution >= 0.6 is 0 Å². The Balaban J connectivity index is 1.81. The molecule has 2 heterocycles. The quantitative estimate of drug-likeness (QED) is 0.546. The molecule has 26 heavy (non-hydrogen) atoms. The number of amides is 2. The molecule has 2 aliphatic heterocycles. The Hall–Kier alpha value is -2.61. The molecule has 1 saturated heterocycles. The van der Waals surface area contributed by atoms with E-state index in [4.69, 9.17) is 16.2 Å². The highest BCUT2D eigenvalue weighted by Gasteiger charge is 2.52. The second-order valence-electron chi connectivity index (χ2n) is 6.88. The van der Waals surface area contributed by atoms with Crippen LogP contribution in [0.5, 0.6) is 5.75 Å². The number of carbonyl (C=O) groups is 2. The number of ether oxygens (including phenoxy) is 1. The van der Waals surface area contributed by atoms with E-state index in [0.29, 0.717) is 18.1 Å². The van der Waals surface area contributed by atoms with Crippen LogP contribution < -0.4 is 26.8 Å². The van der Waals surface area contributed by atoms with Crippen molar-refractivity contribution in [2.75, 3.05) is 19.7 Å². The number of nitrogens with two attached hydrogens (primary N) is 2. The van der Waals surface area contributed by atoms with Gasteiger partial charge in [0.1, 0.15) is 5.75 Å². The number of hydrogen-bond donors (Lipinski definition) is 4. The van der Waals surface area contributed by atoms with Gasteiger partial charge in [0.25, 0.3) is 5.91 Å². The van der Waals surface area contributed by atoms with Crippen molar-refractivity contribution in [3.05, 3.63) is 29.3 Å². The van der Waals surface area contributed by atoms with E-state index in [0.717, 1.165) is 37.2 Å². The van der Waals surface area contributed by atoms with E-state index < -0.39 is 23.4 Å². The number of nitrogens with zero attached hydrogens (tertiary/aromatic N) is 1. The van der Waals surface area contributed by atoms with Gasteiger partial charge in [-0.3, -0.25) is 14.6 Å². The molecule has 0 radical (unpaired) electrons. The summed E-state index contributed by atoms with van der Waals surface area (Å²) in [6.07, 6.45) is 3.51. The molecule has 1 aromatic carbocycles. The van der Waals surface area contributed by atoms with Crippen LogP contribution in [0, 0.1) is 12.8 Å². The number of aryl methyl sites for hydroxylation is 1. The first kappa shape index (κ1) is 18.2. The van der Waals surface area contributed by atoms with Crippen molar-refractivity contribution in [2.45, 2.75) is 31.3 Å². The van der Waals surface area contributed by atoms with Crippen LogP contribution in [-0.2, 0) is 15.1 Å². The number of carbonyl (C=O) groups excluding carboxylic acids is 2. The Morgan fingerprint density at radius 1 is 1.31 bits per heavy atom. The van der Waals surface area contributed by atoms with Crippen molar-refractivity contribution in [3.8, 4) is 5.75 Å². The van der Waals surface area contributed by atoms with E-state index in [-0.39, 0.29) is 0 Å². The van der Waals surface area contributed by atoms with E-state index in [1.54, 1.807) is 12.1 Å². The molecule has 0 bridgehead atoms. The SMILES string of the molecule is Cc1cc(OCC2CCNCC2)ccc1C1(C(N)=O)NC=NC1C(N)=O. The van der Waals surface area contributed by atoms with Crippen LogP contribution in [0.4, 0.5) is 0 Å². The molecule has 8 nitrogen and oxygen atoms in total. The van der Waals surface area contributed by atoms with Crippen molar-refractivity contribution in [1.29, 1.82) is 0 Å². The van der Waals surface area contributed by atoms with Crippen LogP contribution in [0.1, 0.15) is 24.0 Å². The summed E-state index contributed by atoms with van der Waals surface area (Å²) >= 11 is 0. The number of rotatable bonds is 6. The fourth-order valence-electron chi connectivity index (χ4n) is 3.69. The zero-order valence-electron chi connectivity index (χ0n) is 14.8. The summed E-state index contributed by atoms with van der Waals surface area (Å²) < 4.78 is 5.92. The lowest BCUT2D eigenvalue weighted by molar-refractivity contribution is -0.130. The third-order valence-electron chi connectivity index (χ3n) is 5.15. The van der Waals surface area contributed by atoms with Gasteiger partial charge >= 0.3 is 0 Å². The average molecular weight is 359 g/mol. The van der Waals surface area contributed by atoms with Crippen molar-refractivity contribution in [2.24, 2.45) is 22.4 Å². The van der Waals surface area contributed by atoms with Gasteiger partial charge in [-0.05, 0) is 62.0 Å². The number of piperidine rings is 1. The average Bonchev–Trinajstić information content (AvgIpc) is 3.07. The topological polar surface area (TPSA) is 132 Å². The minimum Gasteiger partial charge on any atom is -0.493 e. The van der Waals surface area contributed by atoms with Gasteiger partial charge in [0, 0.05) is 0 Å². The summed E-state index contributed by atoms with van der Waals surface area (Å²) in [5.41, 5.74) is 10.9. The van der Waals surface area contributed by atoms with Gasteiger partial charge in [-0.1, -0.05) is 6.07 Å². The van der Waals surface area contributed by atoms with Crippen LogP contribution in [0.25, 0.3) is 0 Å². The Kier molecular flexibility index (Phi) is 5.13. The summed E-state index contributed by atoms with van der Waals surface area (Å²) in [5, 5.41) is 6.18. The second kappa shape index (κ2) is 7.33. The second-order valence-corrected chi connectivity index (χ2v) is 6.88. The maximum Gasteiger partial charge on any atom is 0.250 e. The maximum absolute atomic E-state index is 12.2. The number of aliphatic imine (C=N–C) groups is 1. The van der Waals surface area contributed by atoms with Crippen molar-refractivity contribution in [3.63, 3.8) is 0 Å². The molecular formula is C18H25N5O3. The van der Waals surface area contributed by atoms with Gasteiger partial charge in [-0.15, -0.1) is 0 Å².